The Balaban J connectivity index is 1.84. The highest BCUT2D eigenvalue weighted by Crippen LogP contribution is 2.34. The Bertz CT molecular complexity index is 949. The second-order valence-corrected chi connectivity index (χ2v) is 6.50. The number of nitrogens with zero attached hydrogens (tertiary/aromatic N) is 2. The molecule has 134 valence electrons. The van der Waals surface area contributed by atoms with Crippen LogP contribution in [0.4, 0.5) is 18.9 Å². The summed E-state index contributed by atoms with van der Waals surface area (Å²) in [5.41, 5.74) is 2.27. The van der Waals surface area contributed by atoms with Gasteiger partial charge in [-0.2, -0.15) is 13.2 Å². The van der Waals surface area contributed by atoms with E-state index in [1.54, 1.807) is 38.1 Å². The molecule has 0 atom stereocenters. The number of carbonyl (C=O) groups excluding carboxylic acids is 1. The molecule has 1 amide bonds. The highest BCUT2D eigenvalue weighted by molar-refractivity contribution is 7.08. The van der Waals surface area contributed by atoms with E-state index in [0.717, 1.165) is 29.2 Å². The van der Waals surface area contributed by atoms with Crippen LogP contribution in [0, 0.1) is 13.8 Å². The molecule has 3 rings (SSSR count). The van der Waals surface area contributed by atoms with Crippen LogP contribution in [-0.4, -0.2) is 15.5 Å². The Morgan fingerprint density at radius 2 is 1.77 bits per heavy atom. The minimum absolute atomic E-state index is 0.319. The molecule has 1 N–H and O–H groups in total. The second kappa shape index (κ2) is 6.87. The molecule has 1 heterocycles. The van der Waals surface area contributed by atoms with Crippen LogP contribution in [0.2, 0.25) is 0 Å². The van der Waals surface area contributed by atoms with E-state index in [2.05, 4.69) is 14.9 Å². The lowest BCUT2D eigenvalue weighted by atomic mass is 9.97. The standard InChI is InChI=1S/C18H14F3N3OS/c1-10-3-6-13(18(19,20)21)9-15(10)12-4-7-14(8-5-12)22-17(25)16-11(2)23-24-26-16/h3-9H,1-2H3,(H,22,25). The summed E-state index contributed by atoms with van der Waals surface area (Å²) in [6.07, 6.45) is -4.39. The van der Waals surface area contributed by atoms with Gasteiger partial charge in [0.05, 0.1) is 11.3 Å². The number of hydrogen-bond donors (Lipinski definition) is 1. The van der Waals surface area contributed by atoms with Crippen LogP contribution in [0.15, 0.2) is 42.5 Å². The van der Waals surface area contributed by atoms with Crippen molar-refractivity contribution in [2.45, 2.75) is 20.0 Å². The van der Waals surface area contributed by atoms with E-state index in [1.807, 2.05) is 0 Å². The number of benzene rings is 2. The van der Waals surface area contributed by atoms with Crippen molar-refractivity contribution in [3.8, 4) is 11.1 Å². The highest BCUT2D eigenvalue weighted by Gasteiger charge is 2.30. The molecule has 0 aliphatic heterocycles. The summed E-state index contributed by atoms with van der Waals surface area (Å²) in [5.74, 6) is -0.319. The lowest BCUT2D eigenvalue weighted by Gasteiger charge is -2.12. The molecule has 0 spiro atoms. The van der Waals surface area contributed by atoms with Crippen molar-refractivity contribution in [3.05, 3.63) is 64.2 Å². The molecule has 3 aromatic rings. The van der Waals surface area contributed by atoms with Crippen LogP contribution >= 0.6 is 11.5 Å². The van der Waals surface area contributed by atoms with E-state index in [1.165, 1.54) is 6.07 Å². The first kappa shape index (κ1) is 18.1. The number of hydrogen-bond acceptors (Lipinski definition) is 4. The molecular formula is C18H14F3N3OS. The quantitative estimate of drug-likeness (QED) is 0.691. The fraction of sp³-hybridized carbons (Fsp3) is 0.167. The largest absolute Gasteiger partial charge is 0.416 e. The van der Waals surface area contributed by atoms with Gasteiger partial charge in [-0.05, 0) is 66.3 Å². The van der Waals surface area contributed by atoms with Crippen molar-refractivity contribution >= 4 is 23.1 Å². The molecule has 0 aliphatic carbocycles. The fourth-order valence-electron chi connectivity index (χ4n) is 2.47. The summed E-state index contributed by atoms with van der Waals surface area (Å²) in [6.45, 7) is 3.45. The van der Waals surface area contributed by atoms with Crippen LogP contribution in [0.25, 0.3) is 11.1 Å². The molecule has 2 aromatic carbocycles. The Kier molecular flexibility index (Phi) is 4.78. The van der Waals surface area contributed by atoms with Crippen LogP contribution in [0.1, 0.15) is 26.5 Å². The number of alkyl halides is 3. The molecular weight excluding hydrogens is 363 g/mol. The van der Waals surface area contributed by atoms with Crippen molar-refractivity contribution in [1.82, 2.24) is 9.59 Å². The van der Waals surface area contributed by atoms with Crippen LogP contribution in [0.5, 0.6) is 0 Å². The summed E-state index contributed by atoms with van der Waals surface area (Å²) in [7, 11) is 0. The van der Waals surface area contributed by atoms with Gasteiger partial charge in [-0.3, -0.25) is 4.79 Å². The van der Waals surface area contributed by atoms with Gasteiger partial charge in [0.15, 0.2) is 0 Å². The van der Waals surface area contributed by atoms with Gasteiger partial charge in [0.25, 0.3) is 5.91 Å². The molecule has 1 aromatic heterocycles. The maximum Gasteiger partial charge on any atom is 0.416 e. The highest BCUT2D eigenvalue weighted by atomic mass is 32.1. The third-order valence-electron chi connectivity index (χ3n) is 3.88. The first-order valence-corrected chi connectivity index (χ1v) is 8.41. The number of aromatic nitrogens is 2. The molecule has 0 bridgehead atoms. The van der Waals surface area contributed by atoms with E-state index >= 15 is 0 Å². The van der Waals surface area contributed by atoms with Gasteiger partial charge < -0.3 is 5.32 Å². The van der Waals surface area contributed by atoms with Gasteiger partial charge in [-0.1, -0.05) is 22.7 Å². The number of nitrogens with one attached hydrogen (secondary N) is 1. The monoisotopic (exact) mass is 377 g/mol. The third-order valence-corrected chi connectivity index (χ3v) is 4.70. The first-order chi connectivity index (χ1) is 12.3. The number of halogens is 3. The lowest BCUT2D eigenvalue weighted by molar-refractivity contribution is -0.137. The topological polar surface area (TPSA) is 54.9 Å². The molecule has 0 fully saturated rings. The van der Waals surface area contributed by atoms with Crippen LogP contribution in [0.3, 0.4) is 0 Å². The summed E-state index contributed by atoms with van der Waals surface area (Å²) in [5, 5.41) is 6.51. The summed E-state index contributed by atoms with van der Waals surface area (Å²) >= 11 is 1.00. The van der Waals surface area contributed by atoms with E-state index in [4.69, 9.17) is 0 Å². The minimum Gasteiger partial charge on any atom is -0.321 e. The minimum atomic E-state index is -4.39. The molecule has 0 saturated carbocycles. The number of anilines is 1. The predicted octanol–water partition coefficient (Wildman–Crippen LogP) is 5.09. The number of aryl methyl sites for hydroxylation is 2. The Labute approximate surface area is 151 Å². The number of amides is 1. The van der Waals surface area contributed by atoms with Gasteiger partial charge in [0.1, 0.15) is 4.88 Å². The average molecular weight is 377 g/mol. The SMILES string of the molecule is Cc1ccc(C(F)(F)F)cc1-c1ccc(NC(=O)c2snnc2C)cc1. The van der Waals surface area contributed by atoms with Crippen LogP contribution in [-0.2, 0) is 6.18 Å². The molecule has 0 radical (unpaired) electrons. The fourth-order valence-corrected chi connectivity index (χ4v) is 3.02. The lowest BCUT2D eigenvalue weighted by Crippen LogP contribution is -2.11. The molecule has 8 heteroatoms. The average Bonchev–Trinajstić information content (AvgIpc) is 3.01. The summed E-state index contributed by atoms with van der Waals surface area (Å²) in [6, 6.07) is 10.3. The smallest absolute Gasteiger partial charge is 0.321 e. The zero-order chi connectivity index (χ0) is 18.9. The maximum absolute atomic E-state index is 12.9. The van der Waals surface area contributed by atoms with E-state index in [9.17, 15) is 18.0 Å². The van der Waals surface area contributed by atoms with E-state index in [0.29, 0.717) is 27.4 Å². The Hall–Kier alpha value is -2.74. The van der Waals surface area contributed by atoms with E-state index in [-0.39, 0.29) is 5.91 Å². The summed E-state index contributed by atoms with van der Waals surface area (Å²) in [4.78, 5) is 12.6. The Morgan fingerprint density at radius 3 is 2.35 bits per heavy atom. The van der Waals surface area contributed by atoms with E-state index < -0.39 is 11.7 Å². The van der Waals surface area contributed by atoms with Gasteiger partial charge in [-0.15, -0.1) is 5.10 Å². The van der Waals surface area contributed by atoms with Gasteiger partial charge in [0.2, 0.25) is 0 Å². The normalized spacial score (nSPS) is 11.4. The third kappa shape index (κ3) is 3.75. The second-order valence-electron chi connectivity index (χ2n) is 5.75. The van der Waals surface area contributed by atoms with Crippen molar-refractivity contribution in [1.29, 1.82) is 0 Å². The van der Waals surface area contributed by atoms with Gasteiger partial charge in [-0.25, -0.2) is 0 Å². The molecule has 26 heavy (non-hydrogen) atoms. The van der Waals surface area contributed by atoms with Crippen LogP contribution < -0.4 is 5.32 Å². The zero-order valence-corrected chi connectivity index (χ0v) is 14.7. The first-order valence-electron chi connectivity index (χ1n) is 7.64. The number of rotatable bonds is 3. The van der Waals surface area contributed by atoms with Crippen molar-refractivity contribution in [2.24, 2.45) is 0 Å². The molecule has 0 aliphatic rings. The zero-order valence-electron chi connectivity index (χ0n) is 13.9. The molecule has 0 saturated heterocycles. The predicted molar refractivity (Wildman–Crippen MR) is 94.2 cm³/mol. The van der Waals surface area contributed by atoms with Gasteiger partial charge >= 0.3 is 6.18 Å². The number of carbonyl (C=O) groups is 1. The van der Waals surface area contributed by atoms with Crippen molar-refractivity contribution < 1.29 is 18.0 Å². The van der Waals surface area contributed by atoms with Crippen molar-refractivity contribution in [2.75, 3.05) is 5.32 Å². The molecule has 0 unspecified atom stereocenters. The maximum atomic E-state index is 12.9. The molecule has 4 nitrogen and oxygen atoms in total. The van der Waals surface area contributed by atoms with Gasteiger partial charge in [0, 0.05) is 5.69 Å². The Morgan fingerprint density at radius 1 is 1.08 bits per heavy atom. The summed E-state index contributed by atoms with van der Waals surface area (Å²) < 4.78 is 42.5. The van der Waals surface area contributed by atoms with Crippen molar-refractivity contribution in [3.63, 3.8) is 0 Å².